The highest BCUT2D eigenvalue weighted by Crippen LogP contribution is 2.28. The van der Waals surface area contributed by atoms with Crippen molar-refractivity contribution in [1.29, 1.82) is 0 Å². The van der Waals surface area contributed by atoms with Crippen molar-refractivity contribution in [3.05, 3.63) is 89.5 Å². The fourth-order valence-corrected chi connectivity index (χ4v) is 4.46. The molecule has 35 heavy (non-hydrogen) atoms. The number of hydrogen-bond acceptors (Lipinski definition) is 6. The molecule has 0 aliphatic carbocycles. The zero-order valence-corrected chi connectivity index (χ0v) is 21.0. The van der Waals surface area contributed by atoms with Gasteiger partial charge in [-0.2, -0.15) is 5.10 Å². The summed E-state index contributed by atoms with van der Waals surface area (Å²) in [4.78, 5) is 13.1. The molecular weight excluding hydrogens is 466 g/mol. The monoisotopic (exact) mass is 495 g/mol. The summed E-state index contributed by atoms with van der Waals surface area (Å²) in [5.74, 6) is 0.616. The van der Waals surface area contributed by atoms with Gasteiger partial charge in [-0.25, -0.2) is 13.8 Å². The molecule has 1 amide bonds. The van der Waals surface area contributed by atoms with Gasteiger partial charge in [0, 0.05) is 5.56 Å². The van der Waals surface area contributed by atoms with Gasteiger partial charge in [0.2, 0.25) is 10.0 Å². The smallest absolute Gasteiger partial charge is 0.273 e. The Morgan fingerprint density at radius 2 is 1.60 bits per heavy atom. The lowest BCUT2D eigenvalue weighted by Gasteiger charge is -2.24. The minimum atomic E-state index is -3.67. The Kier molecular flexibility index (Phi) is 8.48. The Bertz CT molecular complexity index is 1310. The van der Waals surface area contributed by atoms with E-state index in [1.165, 1.54) is 4.31 Å². The van der Waals surface area contributed by atoms with Gasteiger partial charge < -0.3 is 9.47 Å². The third kappa shape index (κ3) is 6.39. The lowest BCUT2D eigenvalue weighted by Crippen LogP contribution is -2.32. The molecule has 8 nitrogen and oxygen atoms in total. The average molecular weight is 496 g/mol. The zero-order valence-electron chi connectivity index (χ0n) is 20.2. The van der Waals surface area contributed by atoms with Crippen molar-refractivity contribution >= 4 is 27.3 Å². The first-order valence-electron chi connectivity index (χ1n) is 11.0. The van der Waals surface area contributed by atoms with E-state index in [4.69, 9.17) is 9.47 Å². The molecule has 0 radical (unpaired) electrons. The van der Waals surface area contributed by atoms with E-state index in [1.54, 1.807) is 50.6 Å². The van der Waals surface area contributed by atoms with Crippen LogP contribution in [0.2, 0.25) is 0 Å². The first-order valence-corrected chi connectivity index (χ1v) is 12.8. The van der Waals surface area contributed by atoms with E-state index >= 15 is 0 Å². The van der Waals surface area contributed by atoms with Gasteiger partial charge >= 0.3 is 0 Å². The van der Waals surface area contributed by atoms with Crippen LogP contribution < -0.4 is 19.2 Å². The van der Waals surface area contributed by atoms with E-state index in [-0.39, 0.29) is 17.8 Å². The van der Waals surface area contributed by atoms with Gasteiger partial charge in [0.1, 0.15) is 0 Å². The first kappa shape index (κ1) is 25.8. The molecule has 0 heterocycles. The number of carbonyl (C=O) groups excluding carboxylic acids is 1. The number of methoxy groups -OCH3 is 2. The Labute approximate surface area is 206 Å². The van der Waals surface area contributed by atoms with Crippen LogP contribution in [0.5, 0.6) is 11.5 Å². The molecule has 0 fully saturated rings. The summed E-state index contributed by atoms with van der Waals surface area (Å²) >= 11 is 0. The summed E-state index contributed by atoms with van der Waals surface area (Å²) in [5, 5.41) is 4.32. The average Bonchev–Trinajstić information content (AvgIpc) is 2.87. The second-order valence-electron chi connectivity index (χ2n) is 7.70. The number of hydrogen-bond donors (Lipinski definition) is 1. The van der Waals surface area contributed by atoms with E-state index in [9.17, 15) is 13.2 Å². The molecule has 3 rings (SSSR count). The number of rotatable bonds is 10. The van der Waals surface area contributed by atoms with Crippen molar-refractivity contribution in [3.8, 4) is 11.5 Å². The van der Waals surface area contributed by atoms with Gasteiger partial charge in [-0.3, -0.25) is 9.10 Å². The van der Waals surface area contributed by atoms with Crippen LogP contribution in [0, 0.1) is 0 Å². The number of sulfonamides is 1. The van der Waals surface area contributed by atoms with Crippen molar-refractivity contribution in [3.63, 3.8) is 0 Å². The van der Waals surface area contributed by atoms with Crippen LogP contribution in [0.1, 0.15) is 34.8 Å². The summed E-state index contributed by atoms with van der Waals surface area (Å²) in [6, 6.07) is 21.1. The second kappa shape index (κ2) is 11.5. The molecule has 1 N–H and O–H groups in total. The van der Waals surface area contributed by atoms with Crippen molar-refractivity contribution in [1.82, 2.24) is 5.43 Å². The minimum absolute atomic E-state index is 0.0963. The standard InChI is InChI=1S/C26H29N3O5S/c1-5-22(20-15-16-24(33-2)25(17-20)34-3)27-28-26(30)21-13-9-10-14-23(21)29(35(4,31)32)18-19-11-7-6-8-12-19/h6-17H,5,18H2,1-4H3,(H,28,30)/b27-22-. The topological polar surface area (TPSA) is 97.3 Å². The number of amides is 1. The van der Waals surface area contributed by atoms with E-state index in [0.29, 0.717) is 23.6 Å². The number of hydrazone groups is 1. The number of para-hydroxylation sites is 1. The van der Waals surface area contributed by atoms with Crippen molar-refractivity contribution in [2.75, 3.05) is 24.8 Å². The molecule has 0 spiro atoms. The number of anilines is 1. The Balaban J connectivity index is 1.92. The molecule has 0 aliphatic rings. The van der Waals surface area contributed by atoms with Crippen molar-refractivity contribution in [2.24, 2.45) is 5.10 Å². The van der Waals surface area contributed by atoms with Crippen LogP contribution in [-0.2, 0) is 16.6 Å². The highest BCUT2D eigenvalue weighted by Gasteiger charge is 2.23. The fraction of sp³-hybridized carbons (Fsp3) is 0.231. The van der Waals surface area contributed by atoms with Crippen LogP contribution in [0.15, 0.2) is 77.9 Å². The van der Waals surface area contributed by atoms with Crippen LogP contribution in [-0.4, -0.2) is 40.5 Å². The molecular formula is C26H29N3O5S. The maximum absolute atomic E-state index is 13.1. The number of carbonyl (C=O) groups is 1. The molecule has 0 atom stereocenters. The highest BCUT2D eigenvalue weighted by atomic mass is 32.2. The fourth-order valence-electron chi connectivity index (χ4n) is 3.56. The van der Waals surface area contributed by atoms with Crippen LogP contribution in [0.4, 0.5) is 5.69 Å². The Hall–Kier alpha value is -3.85. The predicted octanol–water partition coefficient (Wildman–Crippen LogP) is 4.21. The zero-order chi connectivity index (χ0) is 25.4. The number of nitrogens with zero attached hydrogens (tertiary/aromatic N) is 2. The van der Waals surface area contributed by atoms with Gasteiger partial charge in [0.15, 0.2) is 11.5 Å². The van der Waals surface area contributed by atoms with Crippen LogP contribution in [0.25, 0.3) is 0 Å². The third-order valence-electron chi connectivity index (χ3n) is 5.33. The summed E-state index contributed by atoms with van der Waals surface area (Å²) in [6.45, 7) is 2.01. The van der Waals surface area contributed by atoms with E-state index in [2.05, 4.69) is 10.5 Å². The maximum atomic E-state index is 13.1. The molecule has 0 unspecified atom stereocenters. The molecule has 0 saturated carbocycles. The lowest BCUT2D eigenvalue weighted by atomic mass is 10.1. The largest absolute Gasteiger partial charge is 0.493 e. The molecule has 0 aromatic heterocycles. The van der Waals surface area contributed by atoms with E-state index in [1.807, 2.05) is 43.3 Å². The molecule has 3 aromatic carbocycles. The number of ether oxygens (including phenoxy) is 2. The SMILES string of the molecule is CC/C(=N/NC(=O)c1ccccc1N(Cc1ccccc1)S(C)(=O)=O)c1ccc(OC)c(OC)c1. The maximum Gasteiger partial charge on any atom is 0.273 e. The van der Waals surface area contributed by atoms with E-state index < -0.39 is 15.9 Å². The Morgan fingerprint density at radius 3 is 2.23 bits per heavy atom. The molecule has 0 bridgehead atoms. The first-order chi connectivity index (χ1) is 16.8. The lowest BCUT2D eigenvalue weighted by molar-refractivity contribution is 0.0955. The summed E-state index contributed by atoms with van der Waals surface area (Å²) in [5.41, 5.74) is 5.24. The normalized spacial score (nSPS) is 11.6. The van der Waals surface area contributed by atoms with Gasteiger partial charge in [-0.1, -0.05) is 49.4 Å². The minimum Gasteiger partial charge on any atom is -0.493 e. The molecule has 9 heteroatoms. The third-order valence-corrected chi connectivity index (χ3v) is 6.46. The number of nitrogens with one attached hydrogen (secondary N) is 1. The quantitative estimate of drug-likeness (QED) is 0.336. The summed E-state index contributed by atoms with van der Waals surface area (Å²) < 4.78 is 37.2. The molecule has 0 saturated heterocycles. The van der Waals surface area contributed by atoms with Crippen LogP contribution >= 0.6 is 0 Å². The van der Waals surface area contributed by atoms with Crippen molar-refractivity contribution < 1.29 is 22.7 Å². The van der Waals surface area contributed by atoms with Gasteiger partial charge in [-0.15, -0.1) is 0 Å². The van der Waals surface area contributed by atoms with E-state index in [0.717, 1.165) is 17.4 Å². The van der Waals surface area contributed by atoms with Crippen molar-refractivity contribution in [2.45, 2.75) is 19.9 Å². The molecule has 0 aliphatic heterocycles. The second-order valence-corrected chi connectivity index (χ2v) is 9.60. The summed E-state index contributed by atoms with van der Waals surface area (Å²) in [6.07, 6.45) is 1.66. The molecule has 184 valence electrons. The van der Waals surface area contributed by atoms with Crippen LogP contribution in [0.3, 0.4) is 0 Å². The molecule has 3 aromatic rings. The highest BCUT2D eigenvalue weighted by molar-refractivity contribution is 7.92. The summed E-state index contributed by atoms with van der Waals surface area (Å²) in [7, 11) is -0.569. The predicted molar refractivity (Wildman–Crippen MR) is 138 cm³/mol. The van der Waals surface area contributed by atoms with Gasteiger partial charge in [0.25, 0.3) is 5.91 Å². The van der Waals surface area contributed by atoms with Gasteiger partial charge in [-0.05, 0) is 42.3 Å². The van der Waals surface area contributed by atoms with Gasteiger partial charge in [0.05, 0.1) is 44.0 Å². The number of benzene rings is 3. The Morgan fingerprint density at radius 1 is 0.943 bits per heavy atom.